The summed E-state index contributed by atoms with van der Waals surface area (Å²) < 4.78 is 0. The molecule has 1 aliphatic heterocycles. The molecule has 3 rings (SSSR count). The van der Waals surface area contributed by atoms with E-state index >= 15 is 0 Å². The van der Waals surface area contributed by atoms with Gasteiger partial charge in [-0.2, -0.15) is 0 Å². The molecule has 180 valence electrons. The van der Waals surface area contributed by atoms with Crippen LogP contribution in [0.15, 0.2) is 24.4 Å². The fourth-order valence-electron chi connectivity index (χ4n) is 4.36. The highest BCUT2D eigenvalue weighted by Crippen LogP contribution is 2.34. The smallest absolute Gasteiger partial charge is 0.239 e. The molecule has 1 unspecified atom stereocenters. The maximum Gasteiger partial charge on any atom is 0.239 e. The van der Waals surface area contributed by atoms with Crippen molar-refractivity contribution >= 4 is 34.1 Å². The normalized spacial score (nSPS) is 16.5. The fraction of sp³-hybridized carbons (Fsp3) is 0.583. The molecule has 9 heteroatoms. The summed E-state index contributed by atoms with van der Waals surface area (Å²) in [7, 11) is 3.55. The predicted molar refractivity (Wildman–Crippen MR) is 133 cm³/mol. The van der Waals surface area contributed by atoms with E-state index < -0.39 is 6.04 Å². The number of aryl methyl sites for hydroxylation is 1. The minimum Gasteiger partial charge on any atom is -0.348 e. The third-order valence-corrected chi connectivity index (χ3v) is 6.85. The largest absolute Gasteiger partial charge is 0.348 e. The SMILES string of the molecule is Cc1cnc(Nc2cccc(C(C(=O)N(C)C)C3CCN(C(=O)[C@@H](N)CC(C)C)CC3)n2)s1. The fourth-order valence-corrected chi connectivity index (χ4v) is 5.03. The van der Waals surface area contributed by atoms with Gasteiger partial charge in [0, 0.05) is 38.3 Å². The topological polar surface area (TPSA) is 104 Å². The number of likely N-dealkylation sites (tertiary alicyclic amines) is 1. The van der Waals surface area contributed by atoms with Crippen molar-refractivity contribution < 1.29 is 9.59 Å². The van der Waals surface area contributed by atoms with Gasteiger partial charge in [0.1, 0.15) is 5.82 Å². The number of pyridine rings is 1. The van der Waals surface area contributed by atoms with Crippen LogP contribution in [0.2, 0.25) is 0 Å². The van der Waals surface area contributed by atoms with Crippen molar-refractivity contribution in [1.82, 2.24) is 19.8 Å². The number of nitrogens with one attached hydrogen (secondary N) is 1. The number of amides is 2. The summed E-state index contributed by atoms with van der Waals surface area (Å²) in [6.07, 6.45) is 3.99. The number of hydrogen-bond donors (Lipinski definition) is 2. The molecule has 2 atom stereocenters. The van der Waals surface area contributed by atoms with Gasteiger partial charge in [0.25, 0.3) is 0 Å². The van der Waals surface area contributed by atoms with E-state index in [1.165, 1.54) is 0 Å². The van der Waals surface area contributed by atoms with Crippen molar-refractivity contribution in [2.45, 2.75) is 52.0 Å². The molecule has 3 heterocycles. The van der Waals surface area contributed by atoms with Gasteiger partial charge in [0.2, 0.25) is 11.8 Å². The number of rotatable bonds is 8. The van der Waals surface area contributed by atoms with Gasteiger partial charge in [0.05, 0.1) is 17.7 Å². The van der Waals surface area contributed by atoms with Crippen LogP contribution < -0.4 is 11.1 Å². The molecule has 1 saturated heterocycles. The number of likely N-dealkylation sites (N-methyl/N-ethyl adjacent to an activating group) is 1. The number of nitrogens with zero attached hydrogens (tertiary/aromatic N) is 4. The summed E-state index contributed by atoms with van der Waals surface area (Å²) in [5, 5.41) is 4.02. The van der Waals surface area contributed by atoms with Gasteiger partial charge in [-0.1, -0.05) is 19.9 Å². The molecule has 0 radical (unpaired) electrons. The third kappa shape index (κ3) is 6.51. The summed E-state index contributed by atoms with van der Waals surface area (Å²) in [5.74, 6) is 0.845. The van der Waals surface area contributed by atoms with Gasteiger partial charge in [-0.05, 0) is 50.2 Å². The minimum absolute atomic E-state index is 0.0145. The van der Waals surface area contributed by atoms with Crippen LogP contribution in [0.25, 0.3) is 0 Å². The summed E-state index contributed by atoms with van der Waals surface area (Å²) >= 11 is 1.56. The Labute approximate surface area is 200 Å². The van der Waals surface area contributed by atoms with Crippen LogP contribution in [0.4, 0.5) is 10.9 Å². The summed E-state index contributed by atoms with van der Waals surface area (Å²) in [5.41, 5.74) is 6.87. The van der Waals surface area contributed by atoms with Crippen LogP contribution >= 0.6 is 11.3 Å². The van der Waals surface area contributed by atoms with Gasteiger partial charge in [-0.3, -0.25) is 9.59 Å². The number of carbonyl (C=O) groups is 2. The Bertz CT molecular complexity index is 952. The molecule has 1 fully saturated rings. The summed E-state index contributed by atoms with van der Waals surface area (Å²) in [6.45, 7) is 7.38. The van der Waals surface area contributed by atoms with E-state index in [1.54, 1.807) is 30.3 Å². The van der Waals surface area contributed by atoms with Crippen molar-refractivity contribution in [2.24, 2.45) is 17.6 Å². The molecule has 3 N–H and O–H groups in total. The molecule has 0 spiro atoms. The van der Waals surface area contributed by atoms with Gasteiger partial charge in [-0.15, -0.1) is 11.3 Å². The van der Waals surface area contributed by atoms with E-state index in [1.807, 2.05) is 36.2 Å². The summed E-state index contributed by atoms with van der Waals surface area (Å²) in [4.78, 5) is 39.7. The molecule has 0 aliphatic carbocycles. The lowest BCUT2D eigenvalue weighted by Gasteiger charge is -2.37. The molecule has 2 aromatic rings. The first-order valence-electron chi connectivity index (χ1n) is 11.6. The van der Waals surface area contributed by atoms with Crippen LogP contribution in [-0.2, 0) is 9.59 Å². The maximum atomic E-state index is 13.2. The number of anilines is 2. The standard InChI is InChI=1S/C24H36N6O2S/c1-15(2)13-18(25)22(31)30-11-9-17(10-12-30)21(23(32)29(4)5)19-7-6-8-20(27-19)28-24-26-14-16(3)33-24/h6-8,14-15,17-18,21H,9-13,25H2,1-5H3,(H,26,27,28)/t18-,21?/m0/s1. The Morgan fingerprint density at radius 2 is 1.97 bits per heavy atom. The quantitative estimate of drug-likeness (QED) is 0.610. The Balaban J connectivity index is 1.74. The van der Waals surface area contributed by atoms with Gasteiger partial charge >= 0.3 is 0 Å². The first-order chi connectivity index (χ1) is 15.7. The molecule has 0 bridgehead atoms. The zero-order valence-corrected chi connectivity index (χ0v) is 21.1. The second kappa shape index (κ2) is 11.1. The van der Waals surface area contributed by atoms with E-state index in [0.29, 0.717) is 31.2 Å². The molecule has 8 nitrogen and oxygen atoms in total. The molecule has 33 heavy (non-hydrogen) atoms. The predicted octanol–water partition coefficient (Wildman–Crippen LogP) is 3.37. The zero-order chi connectivity index (χ0) is 24.1. The van der Waals surface area contributed by atoms with Crippen molar-refractivity contribution in [3.05, 3.63) is 35.0 Å². The number of thiazole rings is 1. The molecule has 2 aromatic heterocycles. The van der Waals surface area contributed by atoms with Gasteiger partial charge in [-0.25, -0.2) is 9.97 Å². The summed E-state index contributed by atoms with van der Waals surface area (Å²) in [6, 6.07) is 5.26. The van der Waals surface area contributed by atoms with Crippen LogP contribution in [0.3, 0.4) is 0 Å². The highest BCUT2D eigenvalue weighted by molar-refractivity contribution is 7.15. The van der Waals surface area contributed by atoms with Crippen molar-refractivity contribution in [3.8, 4) is 0 Å². The zero-order valence-electron chi connectivity index (χ0n) is 20.2. The van der Waals surface area contributed by atoms with Crippen molar-refractivity contribution in [2.75, 3.05) is 32.5 Å². The minimum atomic E-state index is -0.459. The van der Waals surface area contributed by atoms with Crippen LogP contribution in [0, 0.1) is 18.8 Å². The third-order valence-electron chi connectivity index (χ3n) is 6.02. The number of hydrogen-bond acceptors (Lipinski definition) is 7. The first kappa shape index (κ1) is 25.1. The number of carbonyl (C=O) groups excluding carboxylic acids is 2. The maximum absolute atomic E-state index is 13.2. The van der Waals surface area contributed by atoms with Crippen LogP contribution in [-0.4, -0.2) is 64.8 Å². The number of aromatic nitrogens is 2. The van der Waals surface area contributed by atoms with E-state index in [9.17, 15) is 9.59 Å². The average Bonchev–Trinajstić information content (AvgIpc) is 3.18. The second-order valence-electron chi connectivity index (χ2n) is 9.46. The van der Waals surface area contributed by atoms with E-state index in [2.05, 4.69) is 24.1 Å². The average molecular weight is 473 g/mol. The molecule has 2 amide bonds. The first-order valence-corrected chi connectivity index (χ1v) is 12.4. The van der Waals surface area contributed by atoms with Crippen molar-refractivity contribution in [1.29, 1.82) is 0 Å². The van der Waals surface area contributed by atoms with Crippen molar-refractivity contribution in [3.63, 3.8) is 0 Å². The Kier molecular flexibility index (Phi) is 8.42. The van der Waals surface area contributed by atoms with Crippen LogP contribution in [0.5, 0.6) is 0 Å². The molecule has 0 saturated carbocycles. The van der Waals surface area contributed by atoms with Crippen LogP contribution in [0.1, 0.15) is 49.6 Å². The number of piperidine rings is 1. The van der Waals surface area contributed by atoms with E-state index in [-0.39, 0.29) is 23.7 Å². The lowest BCUT2D eigenvalue weighted by atomic mass is 9.81. The van der Waals surface area contributed by atoms with E-state index in [4.69, 9.17) is 10.7 Å². The molecule has 1 aliphatic rings. The second-order valence-corrected chi connectivity index (χ2v) is 10.7. The molecule has 0 aromatic carbocycles. The van der Waals surface area contributed by atoms with Gasteiger partial charge in [0.15, 0.2) is 5.13 Å². The Hall–Kier alpha value is -2.52. The Morgan fingerprint density at radius 1 is 1.27 bits per heavy atom. The number of nitrogens with two attached hydrogens (primary N) is 1. The van der Waals surface area contributed by atoms with E-state index in [0.717, 1.165) is 28.5 Å². The highest BCUT2D eigenvalue weighted by Gasteiger charge is 2.36. The molecular weight excluding hydrogens is 436 g/mol. The Morgan fingerprint density at radius 3 is 2.55 bits per heavy atom. The molecular formula is C24H36N6O2S. The monoisotopic (exact) mass is 472 g/mol. The lowest BCUT2D eigenvalue weighted by Crippen LogP contribution is -2.48. The van der Waals surface area contributed by atoms with Gasteiger partial charge < -0.3 is 20.9 Å². The lowest BCUT2D eigenvalue weighted by molar-refractivity contribution is -0.135. The highest BCUT2D eigenvalue weighted by atomic mass is 32.1.